The first-order chi connectivity index (χ1) is 15.2. The van der Waals surface area contributed by atoms with E-state index < -0.39 is 41.4 Å². The van der Waals surface area contributed by atoms with Gasteiger partial charge in [-0.25, -0.2) is 4.79 Å². The van der Waals surface area contributed by atoms with Gasteiger partial charge in [-0.2, -0.15) is 13.2 Å². The number of ether oxygens (including phenoxy) is 3. The zero-order chi connectivity index (χ0) is 23.7. The number of H-pyrrole nitrogens is 1. The Morgan fingerprint density at radius 2 is 2.16 bits per heavy atom. The Morgan fingerprint density at radius 3 is 2.81 bits per heavy atom. The van der Waals surface area contributed by atoms with E-state index in [9.17, 15) is 22.8 Å². The molecule has 7 nitrogen and oxygen atoms in total. The van der Waals surface area contributed by atoms with Crippen LogP contribution in [0.2, 0.25) is 0 Å². The average molecular weight is 495 g/mol. The normalized spacial score (nSPS) is 20.8. The second-order valence-corrected chi connectivity index (χ2v) is 8.79. The lowest BCUT2D eigenvalue weighted by atomic mass is 10.2. The largest absolute Gasteiger partial charge is 0.476 e. The van der Waals surface area contributed by atoms with Crippen molar-refractivity contribution in [2.45, 2.75) is 63.6 Å². The van der Waals surface area contributed by atoms with E-state index >= 15 is 0 Å². The van der Waals surface area contributed by atoms with Crippen LogP contribution in [0.25, 0.3) is 0 Å². The van der Waals surface area contributed by atoms with Crippen molar-refractivity contribution in [1.82, 2.24) is 9.55 Å². The van der Waals surface area contributed by atoms with Gasteiger partial charge in [0.25, 0.3) is 5.56 Å². The second kappa shape index (κ2) is 12.4. The average Bonchev–Trinajstić information content (AvgIpc) is 3.12. The van der Waals surface area contributed by atoms with Crippen molar-refractivity contribution in [2.75, 3.05) is 19.0 Å². The third kappa shape index (κ3) is 7.65. The van der Waals surface area contributed by atoms with Crippen LogP contribution in [0.4, 0.5) is 13.2 Å². The van der Waals surface area contributed by atoms with Gasteiger partial charge in [-0.15, -0.1) is 6.42 Å². The molecular formula is C20H25F3N2O5S2. The van der Waals surface area contributed by atoms with Crippen molar-refractivity contribution in [1.29, 1.82) is 0 Å². The molecule has 3 atom stereocenters. The predicted molar refractivity (Wildman–Crippen MR) is 119 cm³/mol. The summed E-state index contributed by atoms with van der Waals surface area (Å²) in [5.41, 5.74) is -4.04. The Hall–Kier alpha value is -1.81. The summed E-state index contributed by atoms with van der Waals surface area (Å²) in [4.78, 5) is 25.3. The summed E-state index contributed by atoms with van der Waals surface area (Å²) in [5, 5.41) is 0. The van der Waals surface area contributed by atoms with Crippen molar-refractivity contribution in [2.24, 2.45) is 0 Å². The molecule has 1 aromatic heterocycles. The van der Waals surface area contributed by atoms with Gasteiger partial charge < -0.3 is 14.2 Å². The first kappa shape index (κ1) is 26.4. The molecule has 1 aliphatic rings. The maximum absolute atomic E-state index is 13.1. The monoisotopic (exact) mass is 494 g/mol. The van der Waals surface area contributed by atoms with Crippen LogP contribution >= 0.6 is 24.0 Å². The molecule has 0 saturated carbocycles. The van der Waals surface area contributed by atoms with Crippen molar-refractivity contribution in [3.05, 3.63) is 32.6 Å². The maximum atomic E-state index is 13.1. The van der Waals surface area contributed by atoms with Crippen molar-refractivity contribution in [3.63, 3.8) is 0 Å². The number of thiocarbonyl (C=S) groups is 1. The van der Waals surface area contributed by atoms with E-state index in [1.807, 2.05) is 0 Å². The molecular weight excluding hydrogens is 469 g/mol. The number of aromatic nitrogens is 2. The Bertz CT molecular complexity index is 926. The van der Waals surface area contributed by atoms with Gasteiger partial charge >= 0.3 is 11.9 Å². The van der Waals surface area contributed by atoms with Crippen LogP contribution in [0, 0.1) is 12.3 Å². The third-order valence-corrected chi connectivity index (χ3v) is 6.05. The summed E-state index contributed by atoms with van der Waals surface area (Å²) in [6, 6.07) is 0. The van der Waals surface area contributed by atoms with E-state index in [2.05, 4.69) is 12.8 Å². The molecule has 0 aromatic carbocycles. The number of nitrogens with one attached hydrogen (secondary N) is 1. The van der Waals surface area contributed by atoms with Gasteiger partial charge in [0, 0.05) is 18.4 Å². The van der Waals surface area contributed by atoms with Gasteiger partial charge in [0.1, 0.15) is 31.1 Å². The van der Waals surface area contributed by atoms with E-state index in [4.69, 9.17) is 32.9 Å². The Morgan fingerprint density at radius 1 is 1.41 bits per heavy atom. The number of thioether (sulfide) groups is 1. The highest BCUT2D eigenvalue weighted by Gasteiger charge is 2.40. The number of terminal acetylenes is 1. The third-order valence-electron chi connectivity index (χ3n) is 4.73. The molecule has 0 aliphatic carbocycles. The zero-order valence-electron chi connectivity index (χ0n) is 17.5. The first-order valence-corrected chi connectivity index (χ1v) is 11.5. The standard InChI is InChI=1S/C20H25F3N2O5S2/c1-3-5-6-7-9-32-19(31)29-12-15-14(28-8-4-2)10-16(30-15)25-11-13(20(21,22)23)17(26)24-18(25)27/h2,11,14-16H,3,5-10,12H2,1H3,(H,24,26,27)/t14-,15+,16+/m0/s1. The fourth-order valence-corrected chi connectivity index (χ4v) is 4.11. The summed E-state index contributed by atoms with van der Waals surface area (Å²) < 4.78 is 57.1. The van der Waals surface area contributed by atoms with Crippen LogP contribution in [0.3, 0.4) is 0 Å². The lowest BCUT2D eigenvalue weighted by molar-refractivity contribution is -0.139. The smallest absolute Gasteiger partial charge is 0.423 e. The van der Waals surface area contributed by atoms with Crippen LogP contribution in [0.5, 0.6) is 0 Å². The Balaban J connectivity index is 2.06. The molecule has 1 fully saturated rings. The second-order valence-electron chi connectivity index (χ2n) is 7.10. The molecule has 1 aromatic rings. The summed E-state index contributed by atoms with van der Waals surface area (Å²) in [7, 11) is 0. The summed E-state index contributed by atoms with van der Waals surface area (Å²) >= 11 is 6.60. The van der Waals surface area contributed by atoms with Gasteiger partial charge in [-0.3, -0.25) is 14.3 Å². The maximum Gasteiger partial charge on any atom is 0.423 e. The molecule has 2 heterocycles. The highest BCUT2D eigenvalue weighted by atomic mass is 32.2. The molecule has 0 bridgehead atoms. The van der Waals surface area contributed by atoms with Gasteiger partial charge in [0.2, 0.25) is 4.38 Å². The number of rotatable bonds is 10. The van der Waals surface area contributed by atoms with E-state index in [0.29, 0.717) is 15.1 Å². The highest BCUT2D eigenvalue weighted by Crippen LogP contribution is 2.32. The molecule has 0 radical (unpaired) electrons. The molecule has 1 saturated heterocycles. The van der Waals surface area contributed by atoms with Gasteiger partial charge in [0.15, 0.2) is 0 Å². The quantitative estimate of drug-likeness (QED) is 0.303. The molecule has 1 N–H and O–H groups in total. The first-order valence-electron chi connectivity index (χ1n) is 10.1. The molecule has 32 heavy (non-hydrogen) atoms. The molecule has 2 rings (SSSR count). The predicted octanol–water partition coefficient (Wildman–Crippen LogP) is 3.48. The molecule has 0 spiro atoms. The minimum atomic E-state index is -4.93. The minimum absolute atomic E-state index is 0.0171. The van der Waals surface area contributed by atoms with Crippen LogP contribution in [0.1, 0.15) is 50.8 Å². The zero-order valence-corrected chi connectivity index (χ0v) is 19.1. The molecule has 12 heteroatoms. The van der Waals surface area contributed by atoms with Gasteiger partial charge in [-0.05, 0) is 18.6 Å². The molecule has 1 aliphatic heterocycles. The van der Waals surface area contributed by atoms with E-state index in [1.54, 1.807) is 4.98 Å². The number of alkyl halides is 3. The van der Waals surface area contributed by atoms with E-state index in [1.165, 1.54) is 11.8 Å². The van der Waals surface area contributed by atoms with Crippen molar-refractivity contribution < 1.29 is 27.4 Å². The van der Waals surface area contributed by atoms with Crippen LogP contribution in [-0.4, -0.2) is 45.1 Å². The van der Waals surface area contributed by atoms with Crippen LogP contribution < -0.4 is 11.2 Å². The fourth-order valence-electron chi connectivity index (χ4n) is 3.13. The SMILES string of the molecule is C#CCO[C@H]1C[C@H](n2cc(C(F)(F)F)c(=O)[nH]c2=O)O[C@@H]1COC(=S)SCCCCCC. The molecule has 0 amide bonds. The summed E-state index contributed by atoms with van der Waals surface area (Å²) in [5.74, 6) is 3.13. The number of hydrogen-bond acceptors (Lipinski definition) is 7. The van der Waals surface area contributed by atoms with Crippen LogP contribution in [0.15, 0.2) is 15.8 Å². The molecule has 178 valence electrons. The minimum Gasteiger partial charge on any atom is -0.476 e. The number of unbranched alkanes of at least 4 members (excludes halogenated alkanes) is 3. The lowest BCUT2D eigenvalue weighted by Crippen LogP contribution is -2.36. The Kier molecular flexibility index (Phi) is 10.3. The highest BCUT2D eigenvalue weighted by molar-refractivity contribution is 8.22. The van der Waals surface area contributed by atoms with Gasteiger partial charge in [-0.1, -0.05) is 43.9 Å². The topological polar surface area (TPSA) is 82.6 Å². The number of aromatic amines is 1. The van der Waals surface area contributed by atoms with Crippen LogP contribution in [-0.2, 0) is 20.4 Å². The summed E-state index contributed by atoms with van der Waals surface area (Å²) in [6.07, 6.45) is 2.72. The summed E-state index contributed by atoms with van der Waals surface area (Å²) in [6.45, 7) is 2.05. The van der Waals surface area contributed by atoms with Crippen molar-refractivity contribution in [3.8, 4) is 12.3 Å². The number of nitrogens with zero attached hydrogens (tertiary/aromatic N) is 1. The van der Waals surface area contributed by atoms with Crippen molar-refractivity contribution >= 4 is 28.4 Å². The Labute approximate surface area is 193 Å². The number of hydrogen-bond donors (Lipinski definition) is 1. The van der Waals surface area contributed by atoms with E-state index in [0.717, 1.165) is 31.4 Å². The van der Waals surface area contributed by atoms with E-state index in [-0.39, 0.29) is 19.6 Å². The van der Waals surface area contributed by atoms with Gasteiger partial charge in [0.05, 0.1) is 6.10 Å². The number of halogens is 3. The molecule has 0 unspecified atom stereocenters. The lowest BCUT2D eigenvalue weighted by Gasteiger charge is -2.19. The fraction of sp³-hybridized carbons (Fsp3) is 0.650.